The summed E-state index contributed by atoms with van der Waals surface area (Å²) >= 11 is 3.78. The van der Waals surface area contributed by atoms with Crippen LogP contribution in [-0.2, 0) is 10.8 Å². The summed E-state index contributed by atoms with van der Waals surface area (Å²) in [4.78, 5) is 7.80. The van der Waals surface area contributed by atoms with Gasteiger partial charge in [0.05, 0.1) is 33.2 Å². The Bertz CT molecular complexity index is 4360. The minimum atomic E-state index is -0.529. The monoisotopic (exact) mass is 1030 g/mol. The lowest BCUT2D eigenvalue weighted by Crippen LogP contribution is -2.32. The van der Waals surface area contributed by atoms with Crippen molar-refractivity contribution in [2.45, 2.75) is 30.4 Å². The van der Waals surface area contributed by atoms with Crippen LogP contribution in [0.15, 0.2) is 299 Å². The van der Waals surface area contributed by atoms with Crippen LogP contribution < -0.4 is 4.90 Å². The molecule has 2 aliphatic heterocycles. The molecule has 3 heterocycles. The highest BCUT2D eigenvalue weighted by atomic mass is 32.2. The normalized spacial score (nSPS) is 14.3. The fourth-order valence-corrected chi connectivity index (χ4v) is 16.7. The van der Waals surface area contributed by atoms with Crippen LogP contribution in [0.2, 0.25) is 0 Å². The van der Waals surface area contributed by atoms with Crippen molar-refractivity contribution in [2.75, 3.05) is 4.90 Å². The number of hydrogen-bond donors (Lipinski definition) is 0. The van der Waals surface area contributed by atoms with Crippen molar-refractivity contribution >= 4 is 62.4 Å². The number of benzene rings is 12. The molecule has 17 rings (SSSR count). The van der Waals surface area contributed by atoms with Gasteiger partial charge in [0.25, 0.3) is 0 Å². The first-order chi connectivity index (χ1) is 38.7. The first-order valence-electron chi connectivity index (χ1n) is 26.9. The third-order valence-corrected chi connectivity index (χ3v) is 19.6. The molecule has 2 aliphatic carbocycles. The maximum absolute atomic E-state index is 2.61. The van der Waals surface area contributed by atoms with E-state index in [-0.39, 0.29) is 0 Å². The molecule has 0 saturated carbocycles. The van der Waals surface area contributed by atoms with Crippen molar-refractivity contribution in [3.8, 4) is 39.1 Å². The first-order valence-corrected chi connectivity index (χ1v) is 28.5. The summed E-state index contributed by atoms with van der Waals surface area (Å²) in [5.74, 6) is 0. The van der Waals surface area contributed by atoms with Crippen molar-refractivity contribution in [3.05, 3.63) is 324 Å². The minimum Gasteiger partial charge on any atom is -0.309 e. The lowest BCUT2D eigenvalue weighted by Gasteiger charge is -2.40. The van der Waals surface area contributed by atoms with Gasteiger partial charge in [-0.05, 0) is 140 Å². The summed E-state index contributed by atoms with van der Waals surface area (Å²) in [6, 6.07) is 105. The Balaban J connectivity index is 0.934. The van der Waals surface area contributed by atoms with Gasteiger partial charge in [-0.2, -0.15) is 0 Å². The minimum absolute atomic E-state index is 0.529. The molecule has 0 unspecified atom stereocenters. The van der Waals surface area contributed by atoms with Crippen molar-refractivity contribution in [3.63, 3.8) is 0 Å². The van der Waals surface area contributed by atoms with Crippen LogP contribution in [0.5, 0.6) is 0 Å². The van der Waals surface area contributed by atoms with Crippen LogP contribution in [0.3, 0.4) is 0 Å². The average molecular weight is 1030 g/mol. The summed E-state index contributed by atoms with van der Waals surface area (Å²) < 4.78 is 2.41. The Morgan fingerprint density at radius 3 is 1.23 bits per heavy atom. The zero-order valence-electron chi connectivity index (χ0n) is 42.3. The molecule has 4 heteroatoms. The molecule has 12 aromatic carbocycles. The number of rotatable bonds is 5. The van der Waals surface area contributed by atoms with E-state index in [0.29, 0.717) is 0 Å². The molecule has 0 bridgehead atoms. The van der Waals surface area contributed by atoms with Gasteiger partial charge >= 0.3 is 0 Å². The lowest BCUT2D eigenvalue weighted by molar-refractivity contribution is 0.722. The van der Waals surface area contributed by atoms with E-state index in [2.05, 4.69) is 289 Å². The molecule has 2 nitrogen and oxygen atoms in total. The summed E-state index contributed by atoms with van der Waals surface area (Å²) in [5, 5.41) is 2.50. The average Bonchev–Trinajstić information content (AvgIpc) is 4.29. The van der Waals surface area contributed by atoms with Gasteiger partial charge in [0.15, 0.2) is 0 Å². The molecule has 13 aromatic rings. The molecule has 2 spiro atoms. The van der Waals surface area contributed by atoms with Crippen molar-refractivity contribution in [1.29, 1.82) is 0 Å². The standard InChI is InChI=1S/C74H46N2S2/c1-2-20-49(21-3-1)75-63-33-13-6-22-51(63)52-45-42-48(46-66(52)75)47-40-43-50(44-41-47)76(64-34-18-31-61-71(64)53-23-4-7-25-55(53)73(61)57-27-9-14-36-67(57)77-68-37-15-10-28-58(68)73)65-35-19-32-62-72(65)54-24-5-8-26-56(54)74(62)59-29-11-16-38-69(59)78-70-39-17-12-30-60(70)74/h1-46H. The van der Waals surface area contributed by atoms with Crippen LogP contribution in [0.1, 0.15) is 44.5 Å². The lowest BCUT2D eigenvalue weighted by atomic mass is 9.67. The molecular formula is C74H46N2S2. The molecule has 4 aliphatic rings. The van der Waals surface area contributed by atoms with Gasteiger partial charge < -0.3 is 9.47 Å². The maximum atomic E-state index is 2.61. The number of hydrogen-bond acceptors (Lipinski definition) is 3. The molecular weight excluding hydrogens is 981 g/mol. The van der Waals surface area contributed by atoms with Gasteiger partial charge in [0.1, 0.15) is 0 Å². The third-order valence-electron chi connectivity index (χ3n) is 17.3. The molecule has 0 amide bonds. The van der Waals surface area contributed by atoms with Crippen LogP contribution in [0, 0.1) is 0 Å². The topological polar surface area (TPSA) is 8.17 Å². The molecule has 0 N–H and O–H groups in total. The van der Waals surface area contributed by atoms with Crippen LogP contribution >= 0.6 is 23.5 Å². The molecule has 0 radical (unpaired) electrons. The quantitative estimate of drug-likeness (QED) is 0.170. The van der Waals surface area contributed by atoms with E-state index >= 15 is 0 Å². The van der Waals surface area contributed by atoms with E-state index in [4.69, 9.17) is 0 Å². The van der Waals surface area contributed by atoms with Crippen molar-refractivity contribution in [2.24, 2.45) is 0 Å². The van der Waals surface area contributed by atoms with Gasteiger partial charge in [-0.15, -0.1) is 0 Å². The molecule has 78 heavy (non-hydrogen) atoms. The second-order valence-electron chi connectivity index (χ2n) is 21.0. The Morgan fingerprint density at radius 1 is 0.295 bits per heavy atom. The number of aromatic nitrogens is 1. The Hall–Kier alpha value is -9.06. The van der Waals surface area contributed by atoms with Gasteiger partial charge in [-0.3, -0.25) is 0 Å². The van der Waals surface area contributed by atoms with E-state index in [0.717, 1.165) is 28.3 Å². The van der Waals surface area contributed by atoms with Gasteiger partial charge in [0, 0.05) is 52.9 Å². The highest BCUT2D eigenvalue weighted by Gasteiger charge is 2.53. The smallest absolute Gasteiger partial charge is 0.0736 e. The van der Waals surface area contributed by atoms with E-state index in [1.165, 1.54) is 114 Å². The largest absolute Gasteiger partial charge is 0.309 e. The zero-order chi connectivity index (χ0) is 51.1. The molecule has 0 saturated heterocycles. The maximum Gasteiger partial charge on any atom is 0.0736 e. The Morgan fingerprint density at radius 2 is 0.705 bits per heavy atom. The molecule has 1 aromatic heterocycles. The summed E-state index contributed by atoms with van der Waals surface area (Å²) in [6.45, 7) is 0. The summed E-state index contributed by atoms with van der Waals surface area (Å²) in [5.41, 5.74) is 23.9. The van der Waals surface area contributed by atoms with Crippen LogP contribution in [0.25, 0.3) is 60.9 Å². The fraction of sp³-hybridized carbons (Fsp3) is 0.0270. The van der Waals surface area contributed by atoms with Gasteiger partial charge in [-0.1, -0.05) is 230 Å². The van der Waals surface area contributed by atoms with Crippen LogP contribution in [-0.4, -0.2) is 4.57 Å². The first kappa shape index (κ1) is 44.1. The molecule has 0 fully saturated rings. The van der Waals surface area contributed by atoms with Crippen LogP contribution in [0.4, 0.5) is 17.1 Å². The van der Waals surface area contributed by atoms with Gasteiger partial charge in [-0.25, -0.2) is 0 Å². The van der Waals surface area contributed by atoms with Gasteiger partial charge in [0.2, 0.25) is 0 Å². The van der Waals surface area contributed by atoms with Crippen molar-refractivity contribution in [1.82, 2.24) is 4.57 Å². The fourth-order valence-electron chi connectivity index (χ4n) is 14.4. The SMILES string of the molecule is c1ccc(-n2c3ccccc3c3ccc(-c4ccc(N(c5cccc6c5-c5ccccc5C65c6ccccc6Sc6ccccc65)c5cccc6c5-c5ccccc5C65c6ccccc6Sc6ccccc65)cc4)cc32)cc1. The van der Waals surface area contributed by atoms with E-state index in [9.17, 15) is 0 Å². The summed E-state index contributed by atoms with van der Waals surface area (Å²) in [6.07, 6.45) is 0. The summed E-state index contributed by atoms with van der Waals surface area (Å²) in [7, 11) is 0. The molecule has 0 atom stereocenters. The van der Waals surface area contributed by atoms with E-state index in [1.807, 2.05) is 23.5 Å². The third kappa shape index (κ3) is 5.86. The number of anilines is 3. The second kappa shape index (κ2) is 16.7. The Kier molecular flexibility index (Phi) is 9.45. The highest BCUT2D eigenvalue weighted by Crippen LogP contribution is 2.67. The van der Waals surface area contributed by atoms with E-state index < -0.39 is 10.8 Å². The highest BCUT2D eigenvalue weighted by molar-refractivity contribution is 7.99. The second-order valence-corrected chi connectivity index (χ2v) is 23.1. The molecule has 364 valence electrons. The van der Waals surface area contributed by atoms with Crippen molar-refractivity contribution < 1.29 is 0 Å². The predicted molar refractivity (Wildman–Crippen MR) is 324 cm³/mol. The zero-order valence-corrected chi connectivity index (χ0v) is 43.9. The number of nitrogens with zero attached hydrogens (tertiary/aromatic N) is 2. The predicted octanol–water partition coefficient (Wildman–Crippen LogP) is 19.6. The number of para-hydroxylation sites is 2. The number of fused-ring (bicyclic) bond motifs is 21. The Labute approximate surface area is 461 Å². The van der Waals surface area contributed by atoms with E-state index in [1.54, 1.807) is 0 Å².